The van der Waals surface area contributed by atoms with Gasteiger partial charge in [0, 0.05) is 0 Å². The summed E-state index contributed by atoms with van der Waals surface area (Å²) in [4.78, 5) is 0. The standard InChI is InChI=1S/C43H59Si.3ClH.Ti/c1-26(2)34-17-35(27(3)4)21-40(20-34)44(43-16-32(13)15-33(43)14,41-22-36(28(5)6)18-37(23-41)29(7)8)42-24-38(30(9)10)19-39(25-42)31(11)12;;;;/h17-31H,16H2,1-14H3;3*1H;/q;;;;+3/p-3. The zero-order chi connectivity index (χ0) is 33.5. The van der Waals surface area contributed by atoms with Crippen LogP contribution in [-0.2, 0) is 20.4 Å². The van der Waals surface area contributed by atoms with E-state index in [-0.39, 0.29) is 37.2 Å². The molecule has 1 aliphatic rings. The van der Waals surface area contributed by atoms with E-state index in [0.29, 0.717) is 35.5 Å². The molecular weight excluding hydrogens is 699 g/mol. The van der Waals surface area contributed by atoms with Crippen LogP contribution in [0.15, 0.2) is 74.8 Å². The Morgan fingerprint density at radius 1 is 0.438 bits per heavy atom. The molecule has 0 nitrogen and oxygen atoms in total. The van der Waals surface area contributed by atoms with Gasteiger partial charge in [-0.15, -0.1) is 0 Å². The summed E-state index contributed by atoms with van der Waals surface area (Å²) in [5, 5.41) is 6.40. The first-order valence-electron chi connectivity index (χ1n) is 17.6. The minimum atomic E-state index is -2.76. The van der Waals surface area contributed by atoms with Crippen LogP contribution in [0.4, 0.5) is 0 Å². The Labute approximate surface area is 326 Å². The van der Waals surface area contributed by atoms with Crippen LogP contribution in [0.25, 0.3) is 0 Å². The van der Waals surface area contributed by atoms with E-state index >= 15 is 0 Å². The molecule has 0 heterocycles. The van der Waals surface area contributed by atoms with E-state index in [1.807, 2.05) is 0 Å². The molecule has 0 fully saturated rings. The Bertz CT molecular complexity index is 1390. The Balaban J connectivity index is 0.00000384. The number of halogens is 3. The maximum atomic E-state index is 2.64. The maximum absolute atomic E-state index is 2.76. The first kappa shape index (κ1) is 45.0. The summed E-state index contributed by atoms with van der Waals surface area (Å²) < 4.78 is 1.50. The second-order valence-electron chi connectivity index (χ2n) is 15.8. The molecule has 0 bridgehead atoms. The third-order valence-electron chi connectivity index (χ3n) is 10.4. The number of hydrogen-bond acceptors (Lipinski definition) is 0. The molecule has 0 amide bonds. The molecule has 1 aliphatic carbocycles. The summed E-state index contributed by atoms with van der Waals surface area (Å²) in [6.45, 7) is 33.3. The smallest absolute Gasteiger partial charge is 1.00 e. The fraction of sp³-hybridized carbons (Fsp3) is 0.488. The van der Waals surface area contributed by atoms with Crippen LogP contribution in [0.5, 0.6) is 0 Å². The molecule has 0 aliphatic heterocycles. The second kappa shape index (κ2) is 17.9. The summed E-state index contributed by atoms with van der Waals surface area (Å²) in [5.74, 6) is 2.81. The molecule has 4 rings (SSSR count). The van der Waals surface area contributed by atoms with Crippen LogP contribution in [0.1, 0.15) is 172 Å². The Morgan fingerprint density at radius 2 is 0.667 bits per heavy atom. The molecule has 0 spiro atoms. The van der Waals surface area contributed by atoms with Gasteiger partial charge in [0.2, 0.25) is 0 Å². The van der Waals surface area contributed by atoms with Gasteiger partial charge in [-0.25, -0.2) is 0 Å². The van der Waals surface area contributed by atoms with Gasteiger partial charge in [0.05, 0.1) is 0 Å². The van der Waals surface area contributed by atoms with Crippen LogP contribution >= 0.6 is 0 Å². The van der Waals surface area contributed by atoms with Crippen LogP contribution in [0, 0.1) is 0 Å². The minimum absolute atomic E-state index is 0. The van der Waals surface area contributed by atoms with E-state index in [9.17, 15) is 0 Å². The zero-order valence-electron chi connectivity index (χ0n) is 32.0. The van der Waals surface area contributed by atoms with Gasteiger partial charge < -0.3 is 37.2 Å². The molecule has 0 N–H and O–H groups in total. The predicted molar refractivity (Wildman–Crippen MR) is 199 cm³/mol. The van der Waals surface area contributed by atoms with E-state index in [0.717, 1.165) is 6.42 Å². The van der Waals surface area contributed by atoms with Crippen LogP contribution in [0.2, 0.25) is 0 Å². The van der Waals surface area contributed by atoms with Crippen molar-refractivity contribution in [2.45, 2.75) is 139 Å². The van der Waals surface area contributed by atoms with Gasteiger partial charge in [0.15, 0.2) is 0 Å². The van der Waals surface area contributed by atoms with Gasteiger partial charge in [0.25, 0.3) is 0 Å². The van der Waals surface area contributed by atoms with E-state index in [2.05, 4.69) is 172 Å². The van der Waals surface area contributed by atoms with Crippen molar-refractivity contribution < 1.29 is 57.7 Å². The molecule has 0 radical (unpaired) electrons. The first-order chi connectivity index (χ1) is 21.0. The second-order valence-corrected chi connectivity index (χ2v) is 20.4. The van der Waals surface area contributed by atoms with Gasteiger partial charge >= 0.3 is 291 Å². The molecule has 0 saturated carbocycles. The van der Waals surface area contributed by atoms with Gasteiger partial charge in [0.1, 0.15) is 0 Å². The first-order valence-corrected chi connectivity index (χ1v) is 20.3. The van der Waals surface area contributed by atoms with Crippen molar-refractivity contribution in [2.75, 3.05) is 0 Å². The molecule has 48 heavy (non-hydrogen) atoms. The minimum Gasteiger partial charge on any atom is -1.00 e. The van der Waals surface area contributed by atoms with Gasteiger partial charge in [-0.2, -0.15) is 0 Å². The molecule has 0 saturated heterocycles. The van der Waals surface area contributed by atoms with Crippen LogP contribution in [0.3, 0.4) is 0 Å². The summed E-state index contributed by atoms with van der Waals surface area (Å²) in [7, 11) is -2.76. The van der Waals surface area contributed by atoms with Gasteiger partial charge in [-0.3, -0.25) is 0 Å². The predicted octanol–water partition coefficient (Wildman–Crippen LogP) is 1.99. The SMILES string of the molecule is CC1=[C]([Ti+3])C(C)=C([Si](c2cc(C(C)C)cc(C(C)C)c2)(c2cc(C(C)C)cc(C(C)C)c2)c2cc(C(C)C)cc(C(C)C)c2)C1.[Cl-].[Cl-].[Cl-]. The van der Waals surface area contributed by atoms with E-state index in [1.54, 1.807) is 20.8 Å². The van der Waals surface area contributed by atoms with Crippen molar-refractivity contribution in [3.05, 3.63) is 108 Å². The molecule has 260 valence electrons. The number of hydrogen-bond donors (Lipinski definition) is 0. The van der Waals surface area contributed by atoms with E-state index < -0.39 is 8.07 Å². The van der Waals surface area contributed by atoms with Crippen molar-refractivity contribution in [1.29, 1.82) is 0 Å². The Morgan fingerprint density at radius 3 is 0.833 bits per heavy atom. The number of benzene rings is 3. The fourth-order valence-electron chi connectivity index (χ4n) is 7.07. The Kier molecular flexibility index (Phi) is 16.8. The monoisotopic (exact) mass is 756 g/mol. The Hall–Kier alpha value is -1.06. The molecule has 0 atom stereocenters. The van der Waals surface area contributed by atoms with Crippen LogP contribution in [-0.4, -0.2) is 8.07 Å². The molecular formula is C43H59Cl3SiTi. The summed E-state index contributed by atoms with van der Waals surface area (Å²) in [5.41, 5.74) is 11.9. The van der Waals surface area contributed by atoms with E-state index in [4.69, 9.17) is 0 Å². The third-order valence-corrected chi connectivity index (χ3v) is 16.6. The maximum Gasteiger partial charge on any atom is -1.00 e. The van der Waals surface area contributed by atoms with E-state index in [1.165, 1.54) is 48.4 Å². The third kappa shape index (κ3) is 8.86. The fourth-order valence-corrected chi connectivity index (χ4v) is 13.2. The topological polar surface area (TPSA) is 0 Å². The summed E-state index contributed by atoms with van der Waals surface area (Å²) in [6, 6.07) is 23.3. The van der Waals surface area contributed by atoms with Gasteiger partial charge in [-0.1, -0.05) is 0 Å². The quantitative estimate of drug-likeness (QED) is 0.220. The normalized spacial score (nSPS) is 13.7. The van der Waals surface area contributed by atoms with Crippen LogP contribution < -0.4 is 52.8 Å². The van der Waals surface area contributed by atoms with Crippen molar-refractivity contribution >= 4 is 23.6 Å². The van der Waals surface area contributed by atoms with Crippen molar-refractivity contribution in [1.82, 2.24) is 0 Å². The summed E-state index contributed by atoms with van der Waals surface area (Å²) in [6.07, 6.45) is 1.07. The van der Waals surface area contributed by atoms with Crippen molar-refractivity contribution in [3.8, 4) is 0 Å². The number of rotatable bonds is 10. The number of allylic oxidation sites excluding steroid dienone is 4. The average molecular weight is 758 g/mol. The van der Waals surface area contributed by atoms with Crippen molar-refractivity contribution in [3.63, 3.8) is 0 Å². The molecule has 5 heteroatoms. The largest absolute Gasteiger partial charge is 1.00 e. The molecule has 0 aromatic heterocycles. The molecule has 0 unspecified atom stereocenters. The molecule has 3 aromatic carbocycles. The average Bonchev–Trinajstić information content (AvgIpc) is 3.24. The zero-order valence-corrected chi connectivity index (χ0v) is 36.8. The van der Waals surface area contributed by atoms with Gasteiger partial charge in [-0.05, 0) is 0 Å². The summed E-state index contributed by atoms with van der Waals surface area (Å²) >= 11 is 2.37. The molecule has 3 aromatic rings. The van der Waals surface area contributed by atoms with Crippen molar-refractivity contribution in [2.24, 2.45) is 0 Å².